The van der Waals surface area contributed by atoms with E-state index in [9.17, 15) is 9.59 Å². The van der Waals surface area contributed by atoms with Gasteiger partial charge in [0, 0.05) is 13.0 Å². The fraction of sp³-hybridized carbons (Fsp3) is 0.385. The largest absolute Gasteiger partial charge is 0.454 e. The van der Waals surface area contributed by atoms with Crippen molar-refractivity contribution in [3.05, 3.63) is 23.8 Å². The van der Waals surface area contributed by atoms with Gasteiger partial charge in [0.15, 0.2) is 11.5 Å². The van der Waals surface area contributed by atoms with Gasteiger partial charge in [0.05, 0.1) is 0 Å². The standard InChI is InChI=1S/C13H14N2O4/c16-12-4-2-9(15-12)13(17)14-6-8-1-3-10-11(5-8)19-7-18-10/h1,3,5,9H,2,4,6-7H2,(H,14,17)(H,15,16)/t9-/m0/s1. The predicted octanol–water partition coefficient (Wildman–Crippen LogP) is 0.310. The Morgan fingerprint density at radius 3 is 3.00 bits per heavy atom. The maximum Gasteiger partial charge on any atom is 0.242 e. The molecule has 0 spiro atoms. The van der Waals surface area contributed by atoms with Crippen LogP contribution in [0.3, 0.4) is 0 Å². The van der Waals surface area contributed by atoms with Crippen LogP contribution in [-0.2, 0) is 16.1 Å². The third kappa shape index (κ3) is 2.47. The molecule has 0 aliphatic carbocycles. The lowest BCUT2D eigenvalue weighted by molar-refractivity contribution is -0.125. The number of rotatable bonds is 3. The van der Waals surface area contributed by atoms with E-state index < -0.39 is 6.04 Å². The molecule has 6 heteroatoms. The average molecular weight is 262 g/mol. The molecule has 0 bridgehead atoms. The van der Waals surface area contributed by atoms with E-state index in [1.807, 2.05) is 18.2 Å². The van der Waals surface area contributed by atoms with Crippen LogP contribution in [0.4, 0.5) is 0 Å². The topological polar surface area (TPSA) is 76.7 Å². The summed E-state index contributed by atoms with van der Waals surface area (Å²) in [5.74, 6) is 1.20. The van der Waals surface area contributed by atoms with Crippen molar-refractivity contribution in [3.63, 3.8) is 0 Å². The van der Waals surface area contributed by atoms with E-state index in [-0.39, 0.29) is 18.6 Å². The Morgan fingerprint density at radius 1 is 1.37 bits per heavy atom. The van der Waals surface area contributed by atoms with Gasteiger partial charge in [0.2, 0.25) is 18.6 Å². The summed E-state index contributed by atoms with van der Waals surface area (Å²) in [5.41, 5.74) is 0.932. The number of hydrogen-bond acceptors (Lipinski definition) is 4. The number of nitrogens with one attached hydrogen (secondary N) is 2. The molecule has 0 radical (unpaired) electrons. The zero-order chi connectivity index (χ0) is 13.2. The molecule has 2 aliphatic rings. The van der Waals surface area contributed by atoms with Crippen molar-refractivity contribution in [1.29, 1.82) is 0 Å². The lowest BCUT2D eigenvalue weighted by Gasteiger charge is -2.11. The normalized spacial score (nSPS) is 20.2. The minimum atomic E-state index is -0.401. The minimum Gasteiger partial charge on any atom is -0.454 e. The fourth-order valence-corrected chi connectivity index (χ4v) is 2.17. The molecule has 19 heavy (non-hydrogen) atoms. The molecule has 2 N–H and O–H groups in total. The summed E-state index contributed by atoms with van der Waals surface area (Å²) in [7, 11) is 0. The molecular formula is C13H14N2O4. The van der Waals surface area contributed by atoms with E-state index in [0.717, 1.165) is 11.3 Å². The molecule has 0 aromatic heterocycles. The third-order valence-corrected chi connectivity index (χ3v) is 3.22. The Bertz CT molecular complexity index is 529. The zero-order valence-corrected chi connectivity index (χ0v) is 10.3. The molecule has 2 aliphatic heterocycles. The minimum absolute atomic E-state index is 0.0665. The second-order valence-corrected chi connectivity index (χ2v) is 4.56. The van der Waals surface area contributed by atoms with Crippen LogP contribution >= 0.6 is 0 Å². The van der Waals surface area contributed by atoms with Crippen LogP contribution in [0.5, 0.6) is 11.5 Å². The van der Waals surface area contributed by atoms with Gasteiger partial charge in [-0.25, -0.2) is 0 Å². The van der Waals surface area contributed by atoms with Crippen LogP contribution in [0.2, 0.25) is 0 Å². The van der Waals surface area contributed by atoms with Crippen molar-refractivity contribution in [1.82, 2.24) is 10.6 Å². The number of ether oxygens (including phenoxy) is 2. The van der Waals surface area contributed by atoms with E-state index in [1.165, 1.54) is 0 Å². The molecule has 1 atom stereocenters. The number of carbonyl (C=O) groups is 2. The summed E-state index contributed by atoms with van der Waals surface area (Å²) in [6.07, 6.45) is 0.980. The summed E-state index contributed by atoms with van der Waals surface area (Å²) in [4.78, 5) is 22.9. The maximum atomic E-state index is 11.8. The SMILES string of the molecule is O=C1CC[C@@H](C(=O)NCc2ccc3c(c2)OCO3)N1. The molecule has 0 unspecified atom stereocenters. The van der Waals surface area contributed by atoms with Gasteiger partial charge in [-0.15, -0.1) is 0 Å². The lowest BCUT2D eigenvalue weighted by atomic mass is 10.2. The highest BCUT2D eigenvalue weighted by atomic mass is 16.7. The first kappa shape index (κ1) is 11.8. The summed E-state index contributed by atoms with van der Waals surface area (Å²) in [6, 6.07) is 5.14. The number of carbonyl (C=O) groups excluding carboxylic acids is 2. The Kier molecular flexibility index (Phi) is 2.98. The van der Waals surface area contributed by atoms with Gasteiger partial charge < -0.3 is 20.1 Å². The first-order chi connectivity index (χ1) is 9.22. The molecule has 1 fully saturated rings. The van der Waals surface area contributed by atoms with E-state index in [0.29, 0.717) is 25.1 Å². The molecule has 0 saturated carbocycles. The van der Waals surface area contributed by atoms with Gasteiger partial charge in [-0.05, 0) is 24.1 Å². The Labute approximate surface area is 110 Å². The summed E-state index contributed by atoms with van der Waals surface area (Å²) in [6.45, 7) is 0.640. The molecule has 6 nitrogen and oxygen atoms in total. The van der Waals surface area contributed by atoms with Crippen molar-refractivity contribution in [3.8, 4) is 11.5 Å². The Hall–Kier alpha value is -2.24. The smallest absolute Gasteiger partial charge is 0.242 e. The third-order valence-electron chi connectivity index (χ3n) is 3.22. The Morgan fingerprint density at radius 2 is 2.21 bits per heavy atom. The van der Waals surface area contributed by atoms with Crippen LogP contribution in [0.25, 0.3) is 0 Å². The van der Waals surface area contributed by atoms with E-state index in [2.05, 4.69) is 10.6 Å². The van der Waals surface area contributed by atoms with Crippen LogP contribution < -0.4 is 20.1 Å². The number of benzene rings is 1. The molecular weight excluding hydrogens is 248 g/mol. The van der Waals surface area contributed by atoms with Gasteiger partial charge in [-0.2, -0.15) is 0 Å². The highest BCUT2D eigenvalue weighted by molar-refractivity contribution is 5.90. The second-order valence-electron chi connectivity index (χ2n) is 4.56. The van der Waals surface area contributed by atoms with Crippen molar-refractivity contribution < 1.29 is 19.1 Å². The van der Waals surface area contributed by atoms with E-state index in [4.69, 9.17) is 9.47 Å². The Balaban J connectivity index is 1.57. The highest BCUT2D eigenvalue weighted by Crippen LogP contribution is 2.32. The van der Waals surface area contributed by atoms with Crippen LogP contribution in [0.15, 0.2) is 18.2 Å². The molecule has 2 amide bonds. The number of hydrogen-bond donors (Lipinski definition) is 2. The van der Waals surface area contributed by atoms with Gasteiger partial charge >= 0.3 is 0 Å². The maximum absolute atomic E-state index is 11.8. The second kappa shape index (κ2) is 4.79. The van der Waals surface area contributed by atoms with Gasteiger partial charge in [0.1, 0.15) is 6.04 Å². The monoisotopic (exact) mass is 262 g/mol. The number of fused-ring (bicyclic) bond motifs is 1. The van der Waals surface area contributed by atoms with Crippen LogP contribution in [0, 0.1) is 0 Å². The lowest BCUT2D eigenvalue weighted by Crippen LogP contribution is -2.41. The molecule has 100 valence electrons. The van der Waals surface area contributed by atoms with Crippen molar-refractivity contribution in [2.24, 2.45) is 0 Å². The highest BCUT2D eigenvalue weighted by Gasteiger charge is 2.26. The van der Waals surface area contributed by atoms with Crippen LogP contribution in [0.1, 0.15) is 18.4 Å². The van der Waals surface area contributed by atoms with Crippen molar-refractivity contribution >= 4 is 11.8 Å². The first-order valence-corrected chi connectivity index (χ1v) is 6.18. The fourth-order valence-electron chi connectivity index (χ4n) is 2.17. The summed E-state index contributed by atoms with van der Waals surface area (Å²) >= 11 is 0. The van der Waals surface area contributed by atoms with Crippen LogP contribution in [-0.4, -0.2) is 24.6 Å². The molecule has 2 heterocycles. The summed E-state index contributed by atoms with van der Waals surface area (Å²) in [5, 5.41) is 5.44. The van der Waals surface area contributed by atoms with E-state index >= 15 is 0 Å². The van der Waals surface area contributed by atoms with Crippen molar-refractivity contribution in [2.45, 2.75) is 25.4 Å². The van der Waals surface area contributed by atoms with Gasteiger partial charge in [0.25, 0.3) is 0 Å². The first-order valence-electron chi connectivity index (χ1n) is 6.18. The number of amides is 2. The molecule has 3 rings (SSSR count). The summed E-state index contributed by atoms with van der Waals surface area (Å²) < 4.78 is 10.5. The molecule has 1 aromatic carbocycles. The van der Waals surface area contributed by atoms with Gasteiger partial charge in [-0.3, -0.25) is 9.59 Å². The molecule has 1 aromatic rings. The van der Waals surface area contributed by atoms with Gasteiger partial charge in [-0.1, -0.05) is 6.07 Å². The zero-order valence-electron chi connectivity index (χ0n) is 10.3. The van der Waals surface area contributed by atoms with E-state index in [1.54, 1.807) is 0 Å². The quantitative estimate of drug-likeness (QED) is 0.822. The predicted molar refractivity (Wildman–Crippen MR) is 65.6 cm³/mol. The average Bonchev–Trinajstić information content (AvgIpc) is 3.03. The van der Waals surface area contributed by atoms with Crippen molar-refractivity contribution in [2.75, 3.05) is 6.79 Å². The molecule has 1 saturated heterocycles.